The van der Waals surface area contributed by atoms with Crippen molar-refractivity contribution in [2.45, 2.75) is 173 Å². The van der Waals surface area contributed by atoms with Gasteiger partial charge in [0.15, 0.2) is 0 Å². The van der Waals surface area contributed by atoms with Gasteiger partial charge >= 0.3 is 18.1 Å². The Morgan fingerprint density at radius 1 is 0.897 bits per heavy atom. The Morgan fingerprint density at radius 2 is 1.62 bits per heavy atom. The second kappa shape index (κ2) is 32.8. The minimum atomic E-state index is -1.04. The van der Waals surface area contributed by atoms with Gasteiger partial charge in [-0.3, -0.25) is 28.8 Å². The van der Waals surface area contributed by atoms with Crippen molar-refractivity contribution in [3.8, 4) is 0 Å². The molecule has 3 aliphatic heterocycles. The third-order valence-corrected chi connectivity index (χ3v) is 14.1. The first kappa shape index (κ1) is 64.5. The van der Waals surface area contributed by atoms with Gasteiger partial charge < -0.3 is 71.7 Å². The maximum atomic E-state index is 13.6. The van der Waals surface area contributed by atoms with Gasteiger partial charge in [-0.05, 0) is 101 Å². The number of hydrogen-bond acceptors (Lipinski definition) is 15. The molecule has 23 heteroatoms. The van der Waals surface area contributed by atoms with Crippen molar-refractivity contribution in [3.63, 3.8) is 0 Å². The van der Waals surface area contributed by atoms with Crippen LogP contribution in [0.5, 0.6) is 0 Å². The van der Waals surface area contributed by atoms with Crippen molar-refractivity contribution in [1.82, 2.24) is 31.9 Å². The van der Waals surface area contributed by atoms with Gasteiger partial charge in [0.05, 0.1) is 36.7 Å². The second-order valence-electron chi connectivity index (χ2n) is 20.7. The fraction of sp³-hybridized carbons (Fsp3) is 0.636. The number of nitrogens with one attached hydrogen (secondary N) is 7. The summed E-state index contributed by atoms with van der Waals surface area (Å²) >= 11 is 1.44. The molecule has 4 rings (SSSR count). The van der Waals surface area contributed by atoms with Crippen LogP contribution in [0.3, 0.4) is 0 Å². The fourth-order valence-corrected chi connectivity index (χ4v) is 9.39. The molecule has 0 bridgehead atoms. The van der Waals surface area contributed by atoms with E-state index in [-0.39, 0.29) is 80.3 Å². The van der Waals surface area contributed by atoms with E-state index in [9.17, 15) is 43.5 Å². The molecule has 0 unspecified atom stereocenters. The molecule has 0 radical (unpaired) electrons. The highest BCUT2D eigenvalue weighted by molar-refractivity contribution is 7.99. The summed E-state index contributed by atoms with van der Waals surface area (Å²) in [6.45, 7) is 13.6. The molecular weight excluding hydrogens is 1030 g/mol. The molecule has 1 aromatic rings. The number of anilines is 1. The zero-order valence-corrected chi connectivity index (χ0v) is 47.2. The third-order valence-electron chi connectivity index (χ3n) is 13.5. The van der Waals surface area contributed by atoms with Crippen LogP contribution in [0.25, 0.3) is 0 Å². The van der Waals surface area contributed by atoms with Gasteiger partial charge in [0.1, 0.15) is 42.6 Å². The molecular formula is C55H84N8O14S. The van der Waals surface area contributed by atoms with Crippen molar-refractivity contribution in [2.75, 3.05) is 43.6 Å². The minimum Gasteiger partial charge on any atom is -0.459 e. The molecule has 78 heavy (non-hydrogen) atoms. The Labute approximate surface area is 462 Å². The highest BCUT2D eigenvalue weighted by Gasteiger charge is 2.58. The van der Waals surface area contributed by atoms with Gasteiger partial charge in [-0.15, -0.1) is 0 Å². The topological polar surface area (TPSA) is 316 Å². The maximum absolute atomic E-state index is 13.6. The van der Waals surface area contributed by atoms with Crippen LogP contribution in [0.15, 0.2) is 60.2 Å². The number of unbranched alkanes of at least 4 members (excludes halogenated alkanes) is 2. The molecule has 3 saturated heterocycles. The van der Waals surface area contributed by atoms with Crippen LogP contribution in [0.2, 0.25) is 0 Å². The molecule has 0 saturated carbocycles. The van der Waals surface area contributed by atoms with Crippen LogP contribution < -0.4 is 43.0 Å². The Balaban J connectivity index is 1.23. The highest BCUT2D eigenvalue weighted by Crippen LogP contribution is 2.42. The normalized spacial score (nSPS) is 24.1. The lowest BCUT2D eigenvalue weighted by Gasteiger charge is -2.39. The van der Waals surface area contributed by atoms with Gasteiger partial charge in [0.2, 0.25) is 29.5 Å². The van der Waals surface area contributed by atoms with Crippen LogP contribution in [0.4, 0.5) is 15.3 Å². The summed E-state index contributed by atoms with van der Waals surface area (Å²) in [4.78, 5) is 99.6. The number of aliphatic hydroxyl groups excluding tert-OH is 1. The molecule has 10 N–H and O–H groups in total. The van der Waals surface area contributed by atoms with E-state index in [1.165, 1.54) is 30.8 Å². The number of carbonyl (C=O) groups excluding carboxylic acids is 8. The average Bonchev–Trinajstić information content (AvgIpc) is 4.20. The van der Waals surface area contributed by atoms with E-state index < -0.39 is 72.0 Å². The fourth-order valence-electron chi connectivity index (χ4n) is 9.02. The predicted molar refractivity (Wildman–Crippen MR) is 295 cm³/mol. The summed E-state index contributed by atoms with van der Waals surface area (Å²) in [6, 6.07) is 3.73. The van der Waals surface area contributed by atoms with Gasteiger partial charge in [-0.1, -0.05) is 63.1 Å². The number of hydrogen-bond donors (Lipinski definition) is 9. The number of aliphatic hydroxyl groups is 1. The summed E-state index contributed by atoms with van der Waals surface area (Å²) in [5.41, 5.74) is 6.40. The molecule has 3 aliphatic rings. The quantitative estimate of drug-likeness (QED) is 0.0173. The smallest absolute Gasteiger partial charge is 0.407 e. The van der Waals surface area contributed by atoms with E-state index in [1.54, 1.807) is 51.1 Å². The molecule has 22 nitrogen and oxygen atoms in total. The molecule has 1 spiro atoms. The SMILES string of the molecule is CSCC(=O)NCCCCCC(=O)N[C@H](C(=O)N[C@@H](CCCNC(N)=O)C(=O)Nc1ccc(COC(=O)NC[C@@H]2C[C@@]3(CO3)[C@H](O)[C@@H](/C=C/C(C)=C/C[C@@H]3O[C@H](C)[C@H](NC(=O)/C=C\[C@H](C)OC(C)=O)C[C@@H]3C)O2)cc1)C(C)C. The highest BCUT2D eigenvalue weighted by atomic mass is 32.2. The summed E-state index contributed by atoms with van der Waals surface area (Å²) < 4.78 is 28.8. The molecule has 11 atom stereocenters. The minimum absolute atomic E-state index is 0.0318. The lowest BCUT2D eigenvalue weighted by molar-refractivity contribution is -0.143. The van der Waals surface area contributed by atoms with Crippen molar-refractivity contribution in [1.29, 1.82) is 0 Å². The molecule has 3 fully saturated rings. The van der Waals surface area contributed by atoms with Crippen LogP contribution in [-0.4, -0.2) is 151 Å². The first-order valence-corrected chi connectivity index (χ1v) is 28.3. The molecule has 3 heterocycles. The number of benzene rings is 1. The first-order valence-electron chi connectivity index (χ1n) is 26.9. The van der Waals surface area contributed by atoms with E-state index in [4.69, 9.17) is 29.4 Å². The lowest BCUT2D eigenvalue weighted by Crippen LogP contribution is -2.54. The van der Waals surface area contributed by atoms with Crippen LogP contribution >= 0.6 is 11.8 Å². The molecule has 434 valence electrons. The molecule has 1 aromatic carbocycles. The molecule has 0 aromatic heterocycles. The van der Waals surface area contributed by atoms with Gasteiger partial charge in [-0.25, -0.2) is 9.59 Å². The van der Waals surface area contributed by atoms with E-state index in [1.807, 2.05) is 26.2 Å². The molecule has 0 aliphatic carbocycles. The summed E-state index contributed by atoms with van der Waals surface area (Å²) in [5, 5.41) is 30.6. The zero-order chi connectivity index (χ0) is 57.4. The van der Waals surface area contributed by atoms with Crippen LogP contribution in [-0.2, 0) is 59.1 Å². The lowest BCUT2D eigenvalue weighted by atomic mass is 9.87. The van der Waals surface area contributed by atoms with E-state index in [0.29, 0.717) is 62.3 Å². The number of thioether (sulfide) groups is 1. The number of alkyl carbamates (subject to hydrolysis) is 1. The van der Waals surface area contributed by atoms with Crippen LogP contribution in [0.1, 0.15) is 112 Å². The summed E-state index contributed by atoms with van der Waals surface area (Å²) in [7, 11) is 0. The van der Waals surface area contributed by atoms with Crippen molar-refractivity contribution >= 4 is 65.1 Å². The number of amides is 8. The average molecular weight is 1110 g/mol. The summed E-state index contributed by atoms with van der Waals surface area (Å²) in [6.07, 6.45) is 11.3. The molecule has 8 amide bonds. The van der Waals surface area contributed by atoms with Crippen LogP contribution in [0, 0.1) is 11.8 Å². The maximum Gasteiger partial charge on any atom is 0.407 e. The zero-order valence-electron chi connectivity index (χ0n) is 46.4. The van der Waals surface area contributed by atoms with Crippen molar-refractivity contribution < 1.29 is 67.1 Å². The number of urea groups is 1. The number of primary amides is 1. The van der Waals surface area contributed by atoms with E-state index in [2.05, 4.69) is 50.2 Å². The van der Waals surface area contributed by atoms with Gasteiger partial charge in [0.25, 0.3) is 0 Å². The number of ether oxygens (including phenoxy) is 5. The predicted octanol–water partition coefficient (Wildman–Crippen LogP) is 3.95. The number of epoxide rings is 1. The summed E-state index contributed by atoms with van der Waals surface area (Å²) in [5.74, 6) is -1.88. The Kier molecular flexibility index (Phi) is 27.1. The Bertz CT molecular complexity index is 2260. The van der Waals surface area contributed by atoms with Crippen molar-refractivity contribution in [2.24, 2.45) is 17.6 Å². The standard InChI is InChI=1S/C55H84N8O14S/c1-33(2)49(63-46(65)14-10-9-11-25-57-48(67)31-78-8)52(70)62-42(13-12-26-58-53(56)71)51(69)60-40-20-18-39(19-21-40)30-73-54(72)59-29-41-28-55(32-74-55)50(68)45(77-41)23-16-34(3)15-22-44-35(4)27-43(37(6)76-44)61-47(66)24-17-36(5)75-38(7)64/h15-21,23-24,33,35-37,41-45,49-50,68H,9-14,22,25-32H2,1-8H3,(H,57,67)(H,59,72)(H,60,69)(H,61,66)(H,62,70)(H,63,65)(H3,56,58,71)/b23-16+,24-17-,34-15+/t35-,36-,37+,41-,42-,43+,44-,45+,49-,50+,55+/m0/s1. The third kappa shape index (κ3) is 23.1. The number of rotatable bonds is 30. The monoisotopic (exact) mass is 1110 g/mol. The first-order chi connectivity index (χ1) is 37.1. The number of nitrogens with two attached hydrogens (primary N) is 1. The Hall–Kier alpha value is -6.01. The van der Waals surface area contributed by atoms with Gasteiger partial charge in [0, 0.05) is 51.2 Å². The number of allylic oxidation sites excluding steroid dienone is 2. The number of esters is 1. The van der Waals surface area contributed by atoms with E-state index >= 15 is 0 Å². The largest absolute Gasteiger partial charge is 0.459 e. The Morgan fingerprint density at radius 3 is 2.28 bits per heavy atom. The van der Waals surface area contributed by atoms with E-state index in [0.717, 1.165) is 18.4 Å². The second-order valence-corrected chi connectivity index (χ2v) is 21.5. The number of carbonyl (C=O) groups is 8. The van der Waals surface area contributed by atoms with Gasteiger partial charge in [-0.2, -0.15) is 11.8 Å². The van der Waals surface area contributed by atoms with Crippen molar-refractivity contribution in [3.05, 3.63) is 65.8 Å².